The van der Waals surface area contributed by atoms with E-state index in [0.717, 1.165) is 31.8 Å². The first-order chi connectivity index (χ1) is 14.5. The molecule has 0 bridgehead atoms. The Morgan fingerprint density at radius 2 is 1.70 bits per heavy atom. The fourth-order valence-electron chi connectivity index (χ4n) is 3.21. The molecule has 4 rings (SSSR count). The maximum absolute atomic E-state index is 12.3. The van der Waals surface area contributed by atoms with E-state index in [0.29, 0.717) is 23.8 Å². The van der Waals surface area contributed by atoms with Crippen LogP contribution >= 0.6 is 43.6 Å². The number of thioether (sulfide) groups is 1. The summed E-state index contributed by atoms with van der Waals surface area (Å²) in [6.45, 7) is 2.59. The lowest BCUT2D eigenvalue weighted by Gasteiger charge is -2.12. The van der Waals surface area contributed by atoms with Crippen molar-refractivity contribution in [2.75, 3.05) is 6.54 Å². The van der Waals surface area contributed by atoms with Crippen molar-refractivity contribution in [1.82, 2.24) is 4.90 Å². The van der Waals surface area contributed by atoms with Crippen molar-refractivity contribution in [1.29, 1.82) is 0 Å². The predicted molar refractivity (Wildman–Crippen MR) is 128 cm³/mol. The van der Waals surface area contributed by atoms with Crippen molar-refractivity contribution in [3.05, 3.63) is 79.6 Å². The second-order valence-corrected chi connectivity index (χ2v) is 9.41. The number of carbonyl (C=O) groups excluding carboxylic acids is 2. The Balaban J connectivity index is 1.53. The Morgan fingerprint density at radius 3 is 2.37 bits per heavy atom. The molecule has 0 saturated carbocycles. The van der Waals surface area contributed by atoms with Gasteiger partial charge in [0, 0.05) is 6.54 Å². The molecule has 3 aromatic carbocycles. The molecule has 2 amide bonds. The highest BCUT2D eigenvalue weighted by Crippen LogP contribution is 2.38. The van der Waals surface area contributed by atoms with Gasteiger partial charge in [0.25, 0.3) is 11.1 Å². The van der Waals surface area contributed by atoms with Crippen LogP contribution in [-0.4, -0.2) is 22.6 Å². The maximum atomic E-state index is 12.3. The van der Waals surface area contributed by atoms with Crippen LogP contribution in [0.4, 0.5) is 4.79 Å². The minimum Gasteiger partial charge on any atom is -0.487 e. The molecule has 0 N–H and O–H groups in total. The first kappa shape index (κ1) is 21.2. The number of carbonyl (C=O) groups is 2. The zero-order valence-corrected chi connectivity index (χ0v) is 20.0. The Kier molecular flexibility index (Phi) is 6.32. The van der Waals surface area contributed by atoms with Crippen LogP contribution in [0.5, 0.6) is 5.75 Å². The number of likely N-dealkylation sites (N-methyl/N-ethyl adjacent to an activating group) is 1. The topological polar surface area (TPSA) is 46.6 Å². The van der Waals surface area contributed by atoms with Crippen LogP contribution in [0.1, 0.15) is 18.1 Å². The van der Waals surface area contributed by atoms with E-state index in [1.54, 1.807) is 13.0 Å². The summed E-state index contributed by atoms with van der Waals surface area (Å²) >= 11 is 8.08. The molecule has 152 valence electrons. The molecular weight excluding hydrogens is 530 g/mol. The Morgan fingerprint density at radius 1 is 1.00 bits per heavy atom. The first-order valence-corrected chi connectivity index (χ1v) is 11.7. The number of imide groups is 1. The fourth-order valence-corrected chi connectivity index (χ4v) is 5.56. The van der Waals surface area contributed by atoms with Gasteiger partial charge >= 0.3 is 0 Å². The van der Waals surface area contributed by atoms with Crippen molar-refractivity contribution in [2.45, 2.75) is 13.5 Å². The number of halogens is 2. The van der Waals surface area contributed by atoms with Gasteiger partial charge in [-0.15, -0.1) is 0 Å². The lowest BCUT2D eigenvalue weighted by molar-refractivity contribution is -0.122. The molecule has 0 aliphatic carbocycles. The number of amides is 2. The van der Waals surface area contributed by atoms with Crippen molar-refractivity contribution in [3.63, 3.8) is 0 Å². The maximum Gasteiger partial charge on any atom is 0.293 e. The van der Waals surface area contributed by atoms with E-state index in [2.05, 4.69) is 62.2 Å². The third-order valence-electron chi connectivity index (χ3n) is 4.71. The SMILES string of the molecule is CCN1C(=O)S/C(=C/c2cc(Br)c(OCc3ccc4ccccc4c3)c(Br)c2)C1=O. The van der Waals surface area contributed by atoms with E-state index in [9.17, 15) is 9.59 Å². The predicted octanol–water partition coefficient (Wildman–Crippen LogP) is 7.00. The summed E-state index contributed by atoms with van der Waals surface area (Å²) in [7, 11) is 0. The van der Waals surface area contributed by atoms with Crippen molar-refractivity contribution in [3.8, 4) is 5.75 Å². The number of rotatable bonds is 5. The third-order valence-corrected chi connectivity index (χ3v) is 6.79. The van der Waals surface area contributed by atoms with Crippen LogP contribution in [0.3, 0.4) is 0 Å². The van der Waals surface area contributed by atoms with Crippen molar-refractivity contribution in [2.24, 2.45) is 0 Å². The van der Waals surface area contributed by atoms with E-state index in [4.69, 9.17) is 4.74 Å². The van der Waals surface area contributed by atoms with Gasteiger partial charge < -0.3 is 4.74 Å². The standard InChI is InChI=1S/C23H17Br2NO3S/c1-2-26-22(27)20(30-23(26)28)12-15-10-18(24)21(19(25)11-15)29-13-14-7-8-16-5-3-4-6-17(16)9-14/h3-12H,2,13H2,1H3/b20-12+. The third kappa shape index (κ3) is 4.33. The Bertz CT molecular complexity index is 1170. The summed E-state index contributed by atoms with van der Waals surface area (Å²) in [5.74, 6) is 0.429. The van der Waals surface area contributed by atoms with Crippen molar-refractivity contribution < 1.29 is 14.3 Å². The molecule has 4 nitrogen and oxygen atoms in total. The number of ether oxygens (including phenoxy) is 1. The highest BCUT2D eigenvalue weighted by atomic mass is 79.9. The van der Waals surface area contributed by atoms with Crippen LogP contribution in [0.25, 0.3) is 16.8 Å². The van der Waals surface area contributed by atoms with Gasteiger partial charge in [-0.25, -0.2) is 0 Å². The Hall–Kier alpha value is -2.09. The van der Waals surface area contributed by atoms with Gasteiger partial charge in [0.2, 0.25) is 0 Å². The summed E-state index contributed by atoms with van der Waals surface area (Å²) in [5.41, 5.74) is 1.87. The number of nitrogens with zero attached hydrogens (tertiary/aromatic N) is 1. The normalized spacial score (nSPS) is 15.4. The second-order valence-electron chi connectivity index (χ2n) is 6.71. The molecular formula is C23H17Br2NO3S. The smallest absolute Gasteiger partial charge is 0.293 e. The molecule has 1 aliphatic rings. The van der Waals surface area contributed by atoms with E-state index in [1.165, 1.54) is 15.7 Å². The summed E-state index contributed by atoms with van der Waals surface area (Å²) < 4.78 is 7.58. The van der Waals surface area contributed by atoms with Gasteiger partial charge in [-0.05, 0) is 96.7 Å². The first-order valence-electron chi connectivity index (χ1n) is 9.31. The van der Waals surface area contributed by atoms with Gasteiger partial charge in [-0.2, -0.15) is 0 Å². The summed E-state index contributed by atoms with van der Waals surface area (Å²) in [4.78, 5) is 25.9. The molecule has 1 aliphatic heterocycles. The van der Waals surface area contributed by atoms with E-state index in [1.807, 2.05) is 24.3 Å². The molecule has 0 aromatic heterocycles. The van der Waals surface area contributed by atoms with Gasteiger partial charge in [-0.3, -0.25) is 14.5 Å². The average molecular weight is 547 g/mol. The molecule has 30 heavy (non-hydrogen) atoms. The lowest BCUT2D eigenvalue weighted by atomic mass is 10.1. The van der Waals surface area contributed by atoms with Crippen LogP contribution < -0.4 is 4.74 Å². The van der Waals surface area contributed by atoms with Crippen LogP contribution in [0, 0.1) is 0 Å². The van der Waals surface area contributed by atoms with E-state index in [-0.39, 0.29) is 11.1 Å². The molecule has 0 radical (unpaired) electrons. The quantitative estimate of drug-likeness (QED) is 0.323. The summed E-state index contributed by atoms with van der Waals surface area (Å²) in [6.07, 6.45) is 1.73. The molecule has 7 heteroatoms. The van der Waals surface area contributed by atoms with Crippen LogP contribution in [-0.2, 0) is 11.4 Å². The molecule has 1 saturated heterocycles. The molecule has 0 spiro atoms. The van der Waals surface area contributed by atoms with Gasteiger partial charge in [0.1, 0.15) is 12.4 Å². The van der Waals surface area contributed by atoms with Gasteiger partial charge in [-0.1, -0.05) is 36.4 Å². The molecule has 0 unspecified atom stereocenters. The lowest BCUT2D eigenvalue weighted by Crippen LogP contribution is -2.27. The zero-order chi connectivity index (χ0) is 21.3. The largest absolute Gasteiger partial charge is 0.487 e. The van der Waals surface area contributed by atoms with Gasteiger partial charge in [0.15, 0.2) is 0 Å². The van der Waals surface area contributed by atoms with Crippen LogP contribution in [0.15, 0.2) is 68.4 Å². The highest BCUT2D eigenvalue weighted by molar-refractivity contribution is 9.11. The number of benzene rings is 3. The summed E-state index contributed by atoms with van der Waals surface area (Å²) in [6, 6.07) is 18.2. The fraction of sp³-hybridized carbons (Fsp3) is 0.130. The Labute approximate surface area is 195 Å². The molecule has 1 heterocycles. The molecule has 3 aromatic rings. The molecule has 0 atom stereocenters. The number of hydrogen-bond acceptors (Lipinski definition) is 4. The van der Waals surface area contributed by atoms with Crippen molar-refractivity contribution >= 4 is 71.6 Å². The molecule has 1 fully saturated rings. The monoisotopic (exact) mass is 545 g/mol. The number of hydrogen-bond donors (Lipinski definition) is 0. The highest BCUT2D eigenvalue weighted by Gasteiger charge is 2.33. The van der Waals surface area contributed by atoms with E-state index >= 15 is 0 Å². The zero-order valence-electron chi connectivity index (χ0n) is 16.0. The van der Waals surface area contributed by atoms with E-state index < -0.39 is 0 Å². The van der Waals surface area contributed by atoms with Crippen LogP contribution in [0.2, 0.25) is 0 Å². The minimum atomic E-state index is -0.253. The second kappa shape index (κ2) is 8.96. The minimum absolute atomic E-state index is 0.234. The van der Waals surface area contributed by atoms with Gasteiger partial charge in [0.05, 0.1) is 13.9 Å². The summed E-state index contributed by atoms with van der Waals surface area (Å²) in [5, 5.41) is 2.13. The average Bonchev–Trinajstić information content (AvgIpc) is 2.99. The number of fused-ring (bicyclic) bond motifs is 1.